The topological polar surface area (TPSA) is 119 Å². The number of nitrogens with zero attached hydrogens (tertiary/aromatic N) is 2. The molecule has 2 aromatic rings. The summed E-state index contributed by atoms with van der Waals surface area (Å²) in [7, 11) is 0. The Bertz CT molecular complexity index is 1110. The van der Waals surface area contributed by atoms with E-state index in [4.69, 9.17) is 16.3 Å². The number of nitrogens with one attached hydrogen (secondary N) is 1. The molecule has 0 radical (unpaired) electrons. The summed E-state index contributed by atoms with van der Waals surface area (Å²) in [5.41, 5.74) is -0.517. The van der Waals surface area contributed by atoms with Crippen molar-refractivity contribution < 1.29 is 32.8 Å². The molecular formula is C21H18ClF2N3O6. The maximum absolute atomic E-state index is 13.8. The van der Waals surface area contributed by atoms with Crippen LogP contribution in [0.1, 0.15) is 23.2 Å². The lowest BCUT2D eigenvalue weighted by Crippen LogP contribution is -2.41. The van der Waals surface area contributed by atoms with Crippen molar-refractivity contribution in [1.82, 2.24) is 4.90 Å². The molecule has 3 rings (SSSR count). The number of hydrogen-bond acceptors (Lipinski definition) is 6. The number of esters is 1. The number of carbonyl (C=O) groups excluding carboxylic acids is 3. The Morgan fingerprint density at radius 2 is 1.85 bits per heavy atom. The number of amides is 2. The molecule has 0 aromatic heterocycles. The van der Waals surface area contributed by atoms with E-state index < -0.39 is 46.9 Å². The van der Waals surface area contributed by atoms with Gasteiger partial charge in [0.2, 0.25) is 0 Å². The molecule has 1 N–H and O–H groups in total. The molecule has 9 nitrogen and oxygen atoms in total. The highest BCUT2D eigenvalue weighted by Gasteiger charge is 2.30. The summed E-state index contributed by atoms with van der Waals surface area (Å²) in [4.78, 5) is 48.3. The van der Waals surface area contributed by atoms with Crippen LogP contribution in [0.15, 0.2) is 36.4 Å². The quantitative estimate of drug-likeness (QED) is 0.383. The third-order valence-electron chi connectivity index (χ3n) is 5.05. The van der Waals surface area contributed by atoms with Gasteiger partial charge < -0.3 is 15.0 Å². The Morgan fingerprint density at radius 1 is 1.15 bits per heavy atom. The number of hydrogen-bond donors (Lipinski definition) is 1. The van der Waals surface area contributed by atoms with Gasteiger partial charge in [0.05, 0.1) is 16.4 Å². The number of carbonyl (C=O) groups is 3. The van der Waals surface area contributed by atoms with E-state index in [2.05, 4.69) is 5.32 Å². The second kappa shape index (κ2) is 10.3. The Balaban J connectivity index is 1.47. The minimum atomic E-state index is -0.960. The van der Waals surface area contributed by atoms with E-state index in [1.807, 2.05) is 0 Å². The molecule has 0 aliphatic carbocycles. The second-order valence-corrected chi connectivity index (χ2v) is 7.68. The van der Waals surface area contributed by atoms with Gasteiger partial charge in [-0.3, -0.25) is 24.5 Å². The molecule has 0 spiro atoms. The Morgan fingerprint density at radius 3 is 2.48 bits per heavy atom. The number of nitro benzene ring substituents is 1. The highest BCUT2D eigenvalue weighted by Crippen LogP contribution is 2.27. The van der Waals surface area contributed by atoms with Crippen molar-refractivity contribution in [2.45, 2.75) is 12.8 Å². The van der Waals surface area contributed by atoms with Crippen LogP contribution < -0.4 is 5.32 Å². The number of nitro groups is 1. The van der Waals surface area contributed by atoms with E-state index in [1.54, 1.807) is 0 Å². The van der Waals surface area contributed by atoms with E-state index >= 15 is 0 Å². The SMILES string of the molecule is O=C(COC(=O)C1CCN(C(=O)c2ccc(F)cc2F)CC1)Nc1ccc(Cl)c([N+](=O)[O-])c1. The van der Waals surface area contributed by atoms with Crippen molar-refractivity contribution in [2.75, 3.05) is 25.0 Å². The average Bonchev–Trinajstić information content (AvgIpc) is 2.78. The maximum atomic E-state index is 13.8. The Kier molecular flexibility index (Phi) is 7.54. The number of ether oxygens (including phenoxy) is 1. The highest BCUT2D eigenvalue weighted by atomic mass is 35.5. The summed E-state index contributed by atoms with van der Waals surface area (Å²) in [6.45, 7) is -0.276. The smallest absolute Gasteiger partial charge is 0.309 e. The van der Waals surface area contributed by atoms with E-state index in [1.165, 1.54) is 17.0 Å². The molecule has 0 atom stereocenters. The van der Waals surface area contributed by atoms with Gasteiger partial charge in [0, 0.05) is 30.9 Å². The first-order valence-corrected chi connectivity index (χ1v) is 10.2. The molecule has 2 aromatic carbocycles. The van der Waals surface area contributed by atoms with Crippen molar-refractivity contribution in [3.8, 4) is 0 Å². The number of benzene rings is 2. The van der Waals surface area contributed by atoms with Crippen LogP contribution in [0.4, 0.5) is 20.2 Å². The lowest BCUT2D eigenvalue weighted by Gasteiger charge is -2.31. The van der Waals surface area contributed by atoms with Crippen molar-refractivity contribution in [1.29, 1.82) is 0 Å². The van der Waals surface area contributed by atoms with Crippen LogP contribution in [-0.2, 0) is 14.3 Å². The van der Waals surface area contributed by atoms with E-state index in [0.717, 1.165) is 18.2 Å². The molecule has 0 bridgehead atoms. The van der Waals surface area contributed by atoms with Gasteiger partial charge in [-0.25, -0.2) is 8.78 Å². The predicted octanol–water partition coefficient (Wildman–Crippen LogP) is 3.56. The first kappa shape index (κ1) is 24.1. The monoisotopic (exact) mass is 481 g/mol. The largest absolute Gasteiger partial charge is 0.455 e. The average molecular weight is 482 g/mol. The summed E-state index contributed by atoms with van der Waals surface area (Å²) in [5, 5.41) is 13.2. The molecule has 2 amide bonds. The van der Waals surface area contributed by atoms with Crippen LogP contribution in [0.2, 0.25) is 5.02 Å². The molecule has 1 aliphatic rings. The molecule has 1 saturated heterocycles. The van der Waals surface area contributed by atoms with Gasteiger partial charge in [0.1, 0.15) is 16.7 Å². The molecule has 1 heterocycles. The number of likely N-dealkylation sites (tertiary alicyclic amines) is 1. The second-order valence-electron chi connectivity index (χ2n) is 7.27. The van der Waals surface area contributed by atoms with Crippen molar-refractivity contribution in [3.63, 3.8) is 0 Å². The van der Waals surface area contributed by atoms with Crippen LogP contribution in [-0.4, -0.2) is 47.3 Å². The third kappa shape index (κ3) is 6.01. The summed E-state index contributed by atoms with van der Waals surface area (Å²) in [6, 6.07) is 6.40. The zero-order valence-corrected chi connectivity index (χ0v) is 17.8. The van der Waals surface area contributed by atoms with Gasteiger partial charge in [0.15, 0.2) is 6.61 Å². The van der Waals surface area contributed by atoms with E-state index in [-0.39, 0.29) is 47.9 Å². The maximum Gasteiger partial charge on any atom is 0.309 e. The van der Waals surface area contributed by atoms with Crippen LogP contribution in [0.5, 0.6) is 0 Å². The number of anilines is 1. The molecule has 0 unspecified atom stereocenters. The normalized spacial score (nSPS) is 14.0. The van der Waals surface area contributed by atoms with Gasteiger partial charge >= 0.3 is 5.97 Å². The van der Waals surface area contributed by atoms with Gasteiger partial charge in [-0.1, -0.05) is 11.6 Å². The fraction of sp³-hybridized carbons (Fsp3) is 0.286. The van der Waals surface area contributed by atoms with Gasteiger partial charge in [-0.05, 0) is 37.1 Å². The summed E-state index contributed by atoms with van der Waals surface area (Å²) >= 11 is 5.71. The van der Waals surface area contributed by atoms with Crippen LogP contribution >= 0.6 is 11.6 Å². The lowest BCUT2D eigenvalue weighted by molar-refractivity contribution is -0.384. The fourth-order valence-corrected chi connectivity index (χ4v) is 3.52. The molecule has 12 heteroatoms. The number of piperidine rings is 1. The Labute approximate surface area is 191 Å². The Hall–Kier alpha value is -3.60. The molecule has 174 valence electrons. The first-order valence-electron chi connectivity index (χ1n) is 9.80. The molecule has 1 fully saturated rings. The minimum absolute atomic E-state index is 0.0867. The molecule has 1 aliphatic heterocycles. The van der Waals surface area contributed by atoms with Crippen LogP contribution in [0.3, 0.4) is 0 Å². The number of rotatable bonds is 6. The van der Waals surface area contributed by atoms with Gasteiger partial charge in [0.25, 0.3) is 17.5 Å². The number of halogens is 3. The van der Waals surface area contributed by atoms with Crippen LogP contribution in [0.25, 0.3) is 0 Å². The van der Waals surface area contributed by atoms with Crippen LogP contribution in [0, 0.1) is 27.7 Å². The fourth-order valence-electron chi connectivity index (χ4n) is 3.33. The van der Waals surface area contributed by atoms with Gasteiger partial charge in [-0.2, -0.15) is 0 Å². The lowest BCUT2D eigenvalue weighted by atomic mass is 9.96. The minimum Gasteiger partial charge on any atom is -0.455 e. The molecule has 0 saturated carbocycles. The molecular weight excluding hydrogens is 464 g/mol. The zero-order chi connectivity index (χ0) is 24.1. The summed E-state index contributed by atoms with van der Waals surface area (Å²) in [5.74, 6) is -4.23. The van der Waals surface area contributed by atoms with Crippen molar-refractivity contribution in [3.05, 3.63) is 68.7 Å². The predicted molar refractivity (Wildman–Crippen MR) is 113 cm³/mol. The van der Waals surface area contributed by atoms with Gasteiger partial charge in [-0.15, -0.1) is 0 Å². The van der Waals surface area contributed by atoms with Crippen molar-refractivity contribution >= 4 is 40.8 Å². The van der Waals surface area contributed by atoms with E-state index in [9.17, 15) is 33.3 Å². The first-order chi connectivity index (χ1) is 15.7. The zero-order valence-electron chi connectivity index (χ0n) is 17.1. The molecule has 33 heavy (non-hydrogen) atoms. The summed E-state index contributed by atoms with van der Waals surface area (Å²) in [6.07, 6.45) is 0.497. The highest BCUT2D eigenvalue weighted by molar-refractivity contribution is 6.32. The third-order valence-corrected chi connectivity index (χ3v) is 5.37. The van der Waals surface area contributed by atoms with E-state index in [0.29, 0.717) is 6.07 Å². The van der Waals surface area contributed by atoms with Crippen molar-refractivity contribution in [2.24, 2.45) is 5.92 Å². The standard InChI is InChI=1S/C21H18ClF2N3O6/c22-16-4-2-14(10-18(16)27(31)32)25-19(28)11-33-21(30)12-5-7-26(8-6-12)20(29)15-3-1-13(23)9-17(15)24/h1-4,9-10,12H,5-8,11H2,(H,25,28). The summed E-state index contributed by atoms with van der Waals surface area (Å²) < 4.78 is 31.9.